The third-order valence-corrected chi connectivity index (χ3v) is 5.42. The van der Waals surface area contributed by atoms with Gasteiger partial charge < -0.3 is 9.84 Å². The SMILES string of the molecule is COCCCSC1CCCC(NC2CC2)(C(=O)O)C1. The molecule has 4 nitrogen and oxygen atoms in total. The molecule has 2 N–H and O–H groups in total. The Morgan fingerprint density at radius 2 is 2.26 bits per heavy atom. The fourth-order valence-electron chi connectivity index (χ4n) is 2.83. The monoisotopic (exact) mass is 287 g/mol. The Bertz CT molecular complexity index is 309. The Hall–Kier alpha value is -0.260. The highest BCUT2D eigenvalue weighted by molar-refractivity contribution is 7.99. The Balaban J connectivity index is 1.84. The van der Waals surface area contributed by atoms with Crippen LogP contribution < -0.4 is 5.32 Å². The maximum atomic E-state index is 11.7. The van der Waals surface area contributed by atoms with Crippen LogP contribution in [0.3, 0.4) is 0 Å². The number of carboxylic acid groups (broad SMARTS) is 1. The highest BCUT2D eigenvalue weighted by Gasteiger charge is 2.45. The first-order valence-electron chi connectivity index (χ1n) is 7.28. The van der Waals surface area contributed by atoms with Crippen LogP contribution in [0.2, 0.25) is 0 Å². The maximum Gasteiger partial charge on any atom is 0.323 e. The second-order valence-electron chi connectivity index (χ2n) is 5.74. The molecule has 2 unspecified atom stereocenters. The minimum Gasteiger partial charge on any atom is -0.480 e. The normalized spacial score (nSPS) is 31.3. The van der Waals surface area contributed by atoms with Gasteiger partial charge in [0.15, 0.2) is 0 Å². The Kier molecular flexibility index (Phi) is 5.54. The van der Waals surface area contributed by atoms with Gasteiger partial charge in [0.2, 0.25) is 0 Å². The molecule has 0 radical (unpaired) electrons. The molecule has 0 aromatic carbocycles. The van der Waals surface area contributed by atoms with E-state index < -0.39 is 11.5 Å². The Morgan fingerprint density at radius 1 is 1.47 bits per heavy atom. The van der Waals surface area contributed by atoms with E-state index in [2.05, 4.69) is 5.32 Å². The van der Waals surface area contributed by atoms with E-state index in [1.807, 2.05) is 11.8 Å². The number of carboxylic acids is 1. The molecule has 0 spiro atoms. The van der Waals surface area contributed by atoms with Gasteiger partial charge in [0.25, 0.3) is 0 Å². The molecule has 0 aromatic heterocycles. The largest absolute Gasteiger partial charge is 0.480 e. The second kappa shape index (κ2) is 6.95. The van der Waals surface area contributed by atoms with Crippen molar-refractivity contribution in [2.45, 2.75) is 61.8 Å². The minimum absolute atomic E-state index is 0.452. The van der Waals surface area contributed by atoms with Crippen LogP contribution in [-0.4, -0.2) is 47.4 Å². The van der Waals surface area contributed by atoms with Crippen LogP contribution in [0.5, 0.6) is 0 Å². The third-order valence-electron chi connectivity index (χ3n) is 4.02. The van der Waals surface area contributed by atoms with Crippen molar-refractivity contribution in [2.24, 2.45) is 0 Å². The van der Waals surface area contributed by atoms with Crippen molar-refractivity contribution < 1.29 is 14.6 Å². The van der Waals surface area contributed by atoms with E-state index in [1.54, 1.807) is 7.11 Å². The Morgan fingerprint density at radius 3 is 2.89 bits per heavy atom. The van der Waals surface area contributed by atoms with E-state index in [1.165, 1.54) is 0 Å². The van der Waals surface area contributed by atoms with Crippen molar-refractivity contribution >= 4 is 17.7 Å². The summed E-state index contributed by atoms with van der Waals surface area (Å²) in [5, 5.41) is 13.5. The second-order valence-corrected chi connectivity index (χ2v) is 7.15. The zero-order valence-electron chi connectivity index (χ0n) is 11.7. The van der Waals surface area contributed by atoms with Gasteiger partial charge in [-0.25, -0.2) is 0 Å². The topological polar surface area (TPSA) is 58.6 Å². The summed E-state index contributed by atoms with van der Waals surface area (Å²) in [4.78, 5) is 11.7. The van der Waals surface area contributed by atoms with Gasteiger partial charge >= 0.3 is 5.97 Å². The van der Waals surface area contributed by atoms with Crippen LogP contribution in [0, 0.1) is 0 Å². The molecule has 0 bridgehead atoms. The average molecular weight is 287 g/mol. The molecule has 2 aliphatic carbocycles. The number of carbonyl (C=O) groups is 1. The van der Waals surface area contributed by atoms with E-state index >= 15 is 0 Å². The highest BCUT2D eigenvalue weighted by atomic mass is 32.2. The first-order valence-corrected chi connectivity index (χ1v) is 8.33. The van der Waals surface area contributed by atoms with Crippen LogP contribution in [0.4, 0.5) is 0 Å². The lowest BCUT2D eigenvalue weighted by Gasteiger charge is -2.38. The maximum absolute atomic E-state index is 11.7. The third kappa shape index (κ3) is 4.36. The Labute approximate surface area is 119 Å². The van der Waals surface area contributed by atoms with Crippen LogP contribution in [-0.2, 0) is 9.53 Å². The van der Waals surface area contributed by atoms with E-state index in [-0.39, 0.29) is 0 Å². The summed E-state index contributed by atoms with van der Waals surface area (Å²) in [5.74, 6) is 0.416. The quantitative estimate of drug-likeness (QED) is 0.671. The molecule has 2 atom stereocenters. The molecule has 5 heteroatoms. The van der Waals surface area contributed by atoms with Crippen molar-refractivity contribution in [1.82, 2.24) is 5.32 Å². The van der Waals surface area contributed by atoms with Crippen molar-refractivity contribution in [3.63, 3.8) is 0 Å². The van der Waals surface area contributed by atoms with E-state index in [0.29, 0.717) is 11.3 Å². The van der Waals surface area contributed by atoms with Gasteiger partial charge in [0.1, 0.15) is 5.54 Å². The minimum atomic E-state index is -0.654. The van der Waals surface area contributed by atoms with Crippen molar-refractivity contribution in [1.29, 1.82) is 0 Å². The zero-order valence-corrected chi connectivity index (χ0v) is 12.5. The summed E-state index contributed by atoms with van der Waals surface area (Å²) in [6, 6.07) is 0.452. The first-order chi connectivity index (χ1) is 9.16. The summed E-state index contributed by atoms with van der Waals surface area (Å²) < 4.78 is 5.05. The van der Waals surface area contributed by atoms with E-state index in [4.69, 9.17) is 4.74 Å². The summed E-state index contributed by atoms with van der Waals surface area (Å²) in [6.07, 6.45) is 7.06. The molecule has 19 heavy (non-hydrogen) atoms. The van der Waals surface area contributed by atoms with Crippen molar-refractivity contribution in [3.05, 3.63) is 0 Å². The molecule has 0 aliphatic heterocycles. The smallest absolute Gasteiger partial charge is 0.323 e. The standard InChI is InChI=1S/C14H25NO3S/c1-18-8-3-9-19-12-4-2-7-14(10-12,13(16)17)15-11-5-6-11/h11-12,15H,2-10H2,1H3,(H,16,17). The number of thioether (sulfide) groups is 1. The zero-order chi connectivity index (χ0) is 13.7. The highest BCUT2D eigenvalue weighted by Crippen LogP contribution is 2.37. The van der Waals surface area contributed by atoms with Crippen molar-refractivity contribution in [2.75, 3.05) is 19.5 Å². The average Bonchev–Trinajstić information content (AvgIpc) is 3.19. The lowest BCUT2D eigenvalue weighted by Crippen LogP contribution is -2.56. The molecule has 2 rings (SSSR count). The van der Waals surface area contributed by atoms with Gasteiger partial charge in [-0.3, -0.25) is 10.1 Å². The van der Waals surface area contributed by atoms with Crippen LogP contribution in [0.25, 0.3) is 0 Å². The van der Waals surface area contributed by atoms with Gasteiger partial charge in [-0.1, -0.05) is 0 Å². The molecule has 0 aromatic rings. The predicted molar refractivity (Wildman–Crippen MR) is 77.7 cm³/mol. The molecular weight excluding hydrogens is 262 g/mol. The number of methoxy groups -OCH3 is 1. The molecular formula is C14H25NO3S. The molecule has 0 amide bonds. The van der Waals surface area contributed by atoms with Crippen molar-refractivity contribution in [3.8, 4) is 0 Å². The van der Waals surface area contributed by atoms with E-state index in [9.17, 15) is 9.90 Å². The number of nitrogens with one attached hydrogen (secondary N) is 1. The molecule has 2 saturated carbocycles. The molecule has 0 saturated heterocycles. The first kappa shape index (κ1) is 15.1. The van der Waals surface area contributed by atoms with Gasteiger partial charge in [-0.05, 0) is 50.7 Å². The summed E-state index contributed by atoms with van der Waals surface area (Å²) in [7, 11) is 1.72. The lowest BCUT2D eigenvalue weighted by atomic mass is 9.81. The summed E-state index contributed by atoms with van der Waals surface area (Å²) in [6.45, 7) is 0.796. The van der Waals surface area contributed by atoms with Crippen LogP contribution >= 0.6 is 11.8 Å². The van der Waals surface area contributed by atoms with Crippen LogP contribution in [0.15, 0.2) is 0 Å². The van der Waals surface area contributed by atoms with E-state index in [0.717, 1.165) is 57.3 Å². The van der Waals surface area contributed by atoms with Gasteiger partial charge in [0.05, 0.1) is 0 Å². The molecule has 2 aliphatic rings. The van der Waals surface area contributed by atoms with Gasteiger partial charge in [-0.2, -0.15) is 11.8 Å². The number of ether oxygens (including phenoxy) is 1. The number of hydrogen-bond donors (Lipinski definition) is 2. The van der Waals surface area contributed by atoms with Gasteiger partial charge in [-0.15, -0.1) is 0 Å². The van der Waals surface area contributed by atoms with Crippen LogP contribution in [0.1, 0.15) is 44.9 Å². The number of rotatable bonds is 8. The lowest BCUT2D eigenvalue weighted by molar-refractivity contribution is -0.146. The molecule has 110 valence electrons. The number of aliphatic carboxylic acids is 1. The molecule has 0 heterocycles. The fourth-order valence-corrected chi connectivity index (χ4v) is 4.18. The summed E-state index contributed by atoms with van der Waals surface area (Å²) in [5.41, 5.74) is -0.654. The fraction of sp³-hybridized carbons (Fsp3) is 0.929. The molecule has 2 fully saturated rings. The summed E-state index contributed by atoms with van der Waals surface area (Å²) >= 11 is 1.92. The predicted octanol–water partition coefficient (Wildman–Crippen LogP) is 2.27. The number of hydrogen-bond acceptors (Lipinski definition) is 4. The van der Waals surface area contributed by atoms with Gasteiger partial charge in [0, 0.05) is 25.0 Å².